The zero-order chi connectivity index (χ0) is 14.2. The normalized spacial score (nSPS) is 28.5. The van der Waals surface area contributed by atoms with E-state index in [2.05, 4.69) is 10.6 Å². The molecule has 0 aromatic rings. The van der Waals surface area contributed by atoms with Crippen molar-refractivity contribution < 1.29 is 14.4 Å². The lowest BCUT2D eigenvalue weighted by Crippen LogP contribution is -2.61. The smallest absolute Gasteiger partial charge is 0.322 e. The number of amides is 4. The number of piperidine rings is 1. The predicted octanol–water partition coefficient (Wildman–Crippen LogP) is -0.830. The van der Waals surface area contributed by atoms with Gasteiger partial charge in [-0.15, -0.1) is 0 Å². The van der Waals surface area contributed by atoms with Gasteiger partial charge in [0.2, 0.25) is 5.91 Å². The molecule has 0 radical (unpaired) electrons. The number of nitrogens with one attached hydrogen (secondary N) is 2. The molecule has 106 valence electrons. The summed E-state index contributed by atoms with van der Waals surface area (Å²) in [6, 6.07) is -1.07. The van der Waals surface area contributed by atoms with Gasteiger partial charge in [-0.3, -0.25) is 14.9 Å². The zero-order valence-corrected chi connectivity index (χ0v) is 11.2. The summed E-state index contributed by atoms with van der Waals surface area (Å²) < 4.78 is 0. The van der Waals surface area contributed by atoms with E-state index in [-0.39, 0.29) is 24.3 Å². The molecule has 2 saturated heterocycles. The summed E-state index contributed by atoms with van der Waals surface area (Å²) in [5, 5.41) is 4.87. The van der Waals surface area contributed by atoms with Gasteiger partial charge in [0.15, 0.2) is 0 Å². The lowest BCUT2D eigenvalue weighted by molar-refractivity contribution is -0.138. The van der Waals surface area contributed by atoms with E-state index in [0.717, 1.165) is 0 Å². The summed E-state index contributed by atoms with van der Waals surface area (Å²) in [4.78, 5) is 37.0. The van der Waals surface area contributed by atoms with Gasteiger partial charge < -0.3 is 16.0 Å². The van der Waals surface area contributed by atoms with Gasteiger partial charge in [-0.2, -0.15) is 0 Å². The lowest BCUT2D eigenvalue weighted by Gasteiger charge is -2.39. The maximum Gasteiger partial charge on any atom is 0.322 e. The van der Waals surface area contributed by atoms with Crippen LogP contribution in [0.15, 0.2) is 0 Å². The van der Waals surface area contributed by atoms with E-state index in [1.807, 2.05) is 13.8 Å². The first kappa shape index (κ1) is 13.8. The second-order valence-corrected chi connectivity index (χ2v) is 5.62. The number of carbonyl (C=O) groups is 3. The molecule has 2 fully saturated rings. The van der Waals surface area contributed by atoms with Crippen LogP contribution in [0.25, 0.3) is 0 Å². The number of hydrogen-bond acceptors (Lipinski definition) is 4. The largest absolute Gasteiger partial charge is 0.338 e. The van der Waals surface area contributed by atoms with Crippen molar-refractivity contribution in [3.8, 4) is 0 Å². The number of urea groups is 1. The SMILES string of the molecule is CC(C)[C@@H](N)C(=O)N1CCCC2(C1)NC(=O)NC2=O. The maximum absolute atomic E-state index is 12.2. The van der Waals surface area contributed by atoms with Crippen molar-refractivity contribution in [3.63, 3.8) is 0 Å². The van der Waals surface area contributed by atoms with Gasteiger partial charge in [0, 0.05) is 6.54 Å². The number of rotatable bonds is 2. The number of hydrogen-bond donors (Lipinski definition) is 3. The van der Waals surface area contributed by atoms with Gasteiger partial charge in [0.1, 0.15) is 5.54 Å². The molecule has 7 heteroatoms. The van der Waals surface area contributed by atoms with Gasteiger partial charge in [-0.1, -0.05) is 13.8 Å². The molecular formula is C12H20N4O3. The molecule has 2 heterocycles. The highest BCUT2D eigenvalue weighted by Crippen LogP contribution is 2.25. The summed E-state index contributed by atoms with van der Waals surface area (Å²) in [6.07, 6.45) is 1.22. The molecule has 19 heavy (non-hydrogen) atoms. The van der Waals surface area contributed by atoms with Gasteiger partial charge >= 0.3 is 6.03 Å². The first-order valence-electron chi connectivity index (χ1n) is 6.54. The Balaban J connectivity index is 2.11. The van der Waals surface area contributed by atoms with Crippen LogP contribution in [0, 0.1) is 5.92 Å². The molecule has 0 saturated carbocycles. The van der Waals surface area contributed by atoms with Crippen LogP contribution in [0.3, 0.4) is 0 Å². The van der Waals surface area contributed by atoms with E-state index in [0.29, 0.717) is 19.4 Å². The molecular weight excluding hydrogens is 248 g/mol. The molecule has 2 rings (SSSR count). The molecule has 4 N–H and O–H groups in total. The average molecular weight is 268 g/mol. The Labute approximate surface area is 111 Å². The van der Waals surface area contributed by atoms with Crippen molar-refractivity contribution in [2.75, 3.05) is 13.1 Å². The molecule has 2 aliphatic rings. The van der Waals surface area contributed by atoms with Crippen LogP contribution in [0.4, 0.5) is 4.79 Å². The summed E-state index contributed by atoms with van der Waals surface area (Å²) >= 11 is 0. The monoisotopic (exact) mass is 268 g/mol. The first-order chi connectivity index (χ1) is 8.85. The van der Waals surface area contributed by atoms with Crippen molar-refractivity contribution >= 4 is 17.8 Å². The molecule has 0 aromatic carbocycles. The number of nitrogens with two attached hydrogens (primary N) is 1. The van der Waals surface area contributed by atoms with Crippen LogP contribution in [-0.4, -0.2) is 47.4 Å². The second-order valence-electron chi connectivity index (χ2n) is 5.62. The summed E-state index contributed by atoms with van der Waals surface area (Å²) in [6.45, 7) is 4.53. The van der Waals surface area contributed by atoms with Gasteiger partial charge in [0.25, 0.3) is 5.91 Å². The average Bonchev–Trinajstić information content (AvgIpc) is 2.62. The quantitative estimate of drug-likeness (QED) is 0.568. The molecule has 2 aliphatic heterocycles. The Bertz CT molecular complexity index is 423. The minimum Gasteiger partial charge on any atom is -0.338 e. The number of carbonyl (C=O) groups excluding carboxylic acids is 3. The molecule has 0 aromatic heterocycles. The summed E-state index contributed by atoms with van der Waals surface area (Å²) in [5.41, 5.74) is 4.89. The highest BCUT2D eigenvalue weighted by Gasteiger charge is 2.49. The van der Waals surface area contributed by atoms with Crippen LogP contribution in [-0.2, 0) is 9.59 Å². The molecule has 2 atom stereocenters. The summed E-state index contributed by atoms with van der Waals surface area (Å²) in [7, 11) is 0. The lowest BCUT2D eigenvalue weighted by atomic mass is 9.88. The van der Waals surface area contributed by atoms with Gasteiger partial charge in [-0.05, 0) is 18.8 Å². The molecule has 0 aliphatic carbocycles. The topological polar surface area (TPSA) is 105 Å². The van der Waals surface area contributed by atoms with Crippen molar-refractivity contribution in [1.82, 2.24) is 15.5 Å². The van der Waals surface area contributed by atoms with Crippen molar-refractivity contribution in [2.24, 2.45) is 11.7 Å². The Morgan fingerprint density at radius 1 is 1.42 bits per heavy atom. The van der Waals surface area contributed by atoms with Crippen LogP contribution < -0.4 is 16.4 Å². The van der Waals surface area contributed by atoms with E-state index in [4.69, 9.17) is 5.73 Å². The first-order valence-corrected chi connectivity index (χ1v) is 6.54. The Morgan fingerprint density at radius 3 is 2.63 bits per heavy atom. The fourth-order valence-corrected chi connectivity index (χ4v) is 2.56. The maximum atomic E-state index is 12.2. The molecule has 0 bridgehead atoms. The molecule has 1 spiro atoms. The highest BCUT2D eigenvalue weighted by atomic mass is 16.2. The van der Waals surface area contributed by atoms with Crippen molar-refractivity contribution in [1.29, 1.82) is 0 Å². The Kier molecular flexibility index (Phi) is 3.49. The van der Waals surface area contributed by atoms with Crippen LogP contribution in [0.1, 0.15) is 26.7 Å². The van der Waals surface area contributed by atoms with E-state index >= 15 is 0 Å². The van der Waals surface area contributed by atoms with E-state index in [1.165, 1.54) is 0 Å². The Hall–Kier alpha value is -1.63. The minimum absolute atomic E-state index is 0.0392. The highest BCUT2D eigenvalue weighted by molar-refractivity contribution is 6.07. The van der Waals surface area contributed by atoms with Crippen molar-refractivity contribution in [2.45, 2.75) is 38.3 Å². The number of nitrogens with zero attached hydrogens (tertiary/aromatic N) is 1. The molecule has 7 nitrogen and oxygen atoms in total. The molecule has 4 amide bonds. The fraction of sp³-hybridized carbons (Fsp3) is 0.750. The standard InChI is InChI=1S/C12H20N4O3/c1-7(2)8(13)9(17)16-5-3-4-12(6-16)10(18)14-11(19)15-12/h7-8H,3-6,13H2,1-2H3,(H2,14,15,18,19)/t8-,12?/m1/s1. The Morgan fingerprint density at radius 2 is 2.11 bits per heavy atom. The third-order valence-electron chi connectivity index (χ3n) is 3.82. The third-order valence-corrected chi connectivity index (χ3v) is 3.82. The van der Waals surface area contributed by atoms with Crippen LogP contribution in [0.5, 0.6) is 0 Å². The van der Waals surface area contributed by atoms with E-state index in [1.54, 1.807) is 4.90 Å². The number of likely N-dealkylation sites (tertiary alicyclic amines) is 1. The number of imide groups is 1. The van der Waals surface area contributed by atoms with Crippen LogP contribution >= 0.6 is 0 Å². The van der Waals surface area contributed by atoms with E-state index < -0.39 is 17.6 Å². The fourth-order valence-electron chi connectivity index (χ4n) is 2.56. The third kappa shape index (κ3) is 2.42. The summed E-state index contributed by atoms with van der Waals surface area (Å²) in [5.74, 6) is -0.478. The van der Waals surface area contributed by atoms with Crippen molar-refractivity contribution in [3.05, 3.63) is 0 Å². The zero-order valence-electron chi connectivity index (χ0n) is 11.2. The predicted molar refractivity (Wildman–Crippen MR) is 68.0 cm³/mol. The van der Waals surface area contributed by atoms with Gasteiger partial charge in [0.05, 0.1) is 12.6 Å². The van der Waals surface area contributed by atoms with Crippen LogP contribution in [0.2, 0.25) is 0 Å². The minimum atomic E-state index is -0.971. The van der Waals surface area contributed by atoms with E-state index in [9.17, 15) is 14.4 Å². The second kappa shape index (κ2) is 4.80. The molecule has 1 unspecified atom stereocenters. The van der Waals surface area contributed by atoms with Gasteiger partial charge in [-0.25, -0.2) is 4.79 Å².